The molecule has 1 N–H and O–H groups in total. The van der Waals surface area contributed by atoms with E-state index in [-0.39, 0.29) is 24.8 Å². The Kier molecular flexibility index (Phi) is 5.52. The Labute approximate surface area is 138 Å². The molecule has 2 unspecified atom stereocenters. The van der Waals surface area contributed by atoms with Crippen LogP contribution in [0.1, 0.15) is 39.2 Å². The first-order chi connectivity index (χ1) is 10.8. The zero-order valence-corrected chi connectivity index (χ0v) is 14.4. The van der Waals surface area contributed by atoms with Gasteiger partial charge in [-0.3, -0.25) is 4.90 Å². The number of hydrogen-bond acceptors (Lipinski definition) is 4. The first kappa shape index (κ1) is 17.6. The van der Waals surface area contributed by atoms with Crippen LogP contribution in [0.5, 0.6) is 5.75 Å². The summed E-state index contributed by atoms with van der Waals surface area (Å²) in [6.45, 7) is 5.53. The number of aliphatic hydroxyl groups excluding tert-OH is 1. The van der Waals surface area contributed by atoms with Gasteiger partial charge in [0.05, 0.1) is 19.8 Å². The third-order valence-electron chi connectivity index (χ3n) is 4.07. The minimum atomic E-state index is -0.537. The zero-order chi connectivity index (χ0) is 17.0. The molecule has 1 amide bonds. The van der Waals surface area contributed by atoms with E-state index >= 15 is 0 Å². The first-order valence-electron chi connectivity index (χ1n) is 8.09. The van der Waals surface area contributed by atoms with Crippen molar-refractivity contribution in [3.8, 4) is 5.75 Å². The molecular formula is C18H27NO4. The van der Waals surface area contributed by atoms with Gasteiger partial charge >= 0.3 is 6.09 Å². The lowest BCUT2D eigenvalue weighted by molar-refractivity contribution is 0.00900. The highest BCUT2D eigenvalue weighted by Gasteiger charge is 2.38. The smallest absolute Gasteiger partial charge is 0.410 e. The van der Waals surface area contributed by atoms with Gasteiger partial charge in [-0.1, -0.05) is 12.1 Å². The van der Waals surface area contributed by atoms with Crippen LogP contribution in [0.25, 0.3) is 0 Å². The van der Waals surface area contributed by atoms with E-state index in [1.54, 1.807) is 12.0 Å². The van der Waals surface area contributed by atoms with Crippen molar-refractivity contribution < 1.29 is 19.4 Å². The normalized spacial score (nSPS) is 21.3. The van der Waals surface area contributed by atoms with Crippen molar-refractivity contribution >= 4 is 6.09 Å². The predicted molar refractivity (Wildman–Crippen MR) is 88.7 cm³/mol. The van der Waals surface area contributed by atoms with Gasteiger partial charge in [-0.15, -0.1) is 0 Å². The van der Waals surface area contributed by atoms with E-state index in [0.29, 0.717) is 0 Å². The molecular weight excluding hydrogens is 294 g/mol. The maximum Gasteiger partial charge on any atom is 0.410 e. The van der Waals surface area contributed by atoms with Crippen LogP contribution in [0.2, 0.25) is 0 Å². The second kappa shape index (κ2) is 7.21. The molecule has 1 aliphatic rings. The van der Waals surface area contributed by atoms with Gasteiger partial charge in [0, 0.05) is 6.04 Å². The van der Waals surface area contributed by atoms with Crippen LogP contribution in [0.15, 0.2) is 24.3 Å². The molecule has 2 atom stereocenters. The van der Waals surface area contributed by atoms with E-state index in [0.717, 1.165) is 30.6 Å². The number of likely N-dealkylation sites (tertiary alicyclic amines) is 1. The van der Waals surface area contributed by atoms with Gasteiger partial charge in [0.15, 0.2) is 0 Å². The van der Waals surface area contributed by atoms with Gasteiger partial charge < -0.3 is 14.6 Å². The van der Waals surface area contributed by atoms with Gasteiger partial charge in [0.2, 0.25) is 0 Å². The fraction of sp³-hybridized carbons (Fsp3) is 0.611. The molecule has 1 fully saturated rings. The standard InChI is InChI=1S/C18H27NO4/c1-18(2,3)23-17(21)19-14(7-8-15(19)12-20)11-13-5-9-16(22-4)10-6-13/h5-6,9-10,14-15,20H,7-8,11-12H2,1-4H3. The van der Waals surface area contributed by atoms with Crippen LogP contribution in [0, 0.1) is 0 Å². The molecule has 0 bridgehead atoms. The third kappa shape index (κ3) is 4.61. The first-order valence-corrected chi connectivity index (χ1v) is 8.09. The number of carbonyl (C=O) groups is 1. The van der Waals surface area contributed by atoms with Crippen LogP contribution < -0.4 is 4.74 Å². The fourth-order valence-electron chi connectivity index (χ4n) is 2.99. The average molecular weight is 321 g/mol. The van der Waals surface area contributed by atoms with E-state index in [9.17, 15) is 9.90 Å². The summed E-state index contributed by atoms with van der Waals surface area (Å²) in [5.41, 5.74) is 0.604. The lowest BCUT2D eigenvalue weighted by Crippen LogP contribution is -2.46. The highest BCUT2D eigenvalue weighted by molar-refractivity contribution is 5.69. The molecule has 1 aromatic carbocycles. The molecule has 128 valence electrons. The summed E-state index contributed by atoms with van der Waals surface area (Å²) in [6, 6.07) is 7.76. The minimum absolute atomic E-state index is 0.0294. The molecule has 1 heterocycles. The van der Waals surface area contributed by atoms with Crippen molar-refractivity contribution in [3.05, 3.63) is 29.8 Å². The molecule has 5 nitrogen and oxygen atoms in total. The molecule has 1 aliphatic heterocycles. The van der Waals surface area contributed by atoms with Crippen LogP contribution in [-0.4, -0.2) is 47.5 Å². The van der Waals surface area contributed by atoms with Gasteiger partial charge in [0.1, 0.15) is 11.4 Å². The average Bonchev–Trinajstić information content (AvgIpc) is 2.89. The summed E-state index contributed by atoms with van der Waals surface area (Å²) in [4.78, 5) is 14.2. The molecule has 0 spiro atoms. The maximum atomic E-state index is 12.5. The van der Waals surface area contributed by atoms with Crippen molar-refractivity contribution in [2.75, 3.05) is 13.7 Å². The summed E-state index contributed by atoms with van der Waals surface area (Å²) in [7, 11) is 1.64. The molecule has 23 heavy (non-hydrogen) atoms. The van der Waals surface area contributed by atoms with Crippen molar-refractivity contribution in [2.45, 2.75) is 57.7 Å². The Morgan fingerprint density at radius 2 is 1.83 bits per heavy atom. The second-order valence-corrected chi connectivity index (χ2v) is 7.01. The zero-order valence-electron chi connectivity index (χ0n) is 14.4. The Hall–Kier alpha value is -1.75. The van der Waals surface area contributed by atoms with Crippen molar-refractivity contribution in [1.29, 1.82) is 0 Å². The molecule has 0 saturated carbocycles. The Bertz CT molecular complexity index is 521. The highest BCUT2D eigenvalue weighted by Crippen LogP contribution is 2.29. The molecule has 2 rings (SSSR count). The SMILES string of the molecule is COc1ccc(CC2CCC(CO)N2C(=O)OC(C)(C)C)cc1. The molecule has 0 aliphatic carbocycles. The van der Waals surface area contributed by atoms with Crippen LogP contribution in [0.3, 0.4) is 0 Å². The number of ether oxygens (including phenoxy) is 2. The predicted octanol–water partition coefficient (Wildman–Crippen LogP) is 3.00. The van der Waals surface area contributed by atoms with Crippen molar-refractivity contribution in [1.82, 2.24) is 4.90 Å². The minimum Gasteiger partial charge on any atom is -0.497 e. The number of amides is 1. The molecule has 0 radical (unpaired) electrons. The summed E-state index contributed by atoms with van der Waals surface area (Å²) < 4.78 is 10.7. The molecule has 1 saturated heterocycles. The van der Waals surface area contributed by atoms with E-state index < -0.39 is 5.60 Å². The quantitative estimate of drug-likeness (QED) is 0.926. The second-order valence-electron chi connectivity index (χ2n) is 7.01. The van der Waals surface area contributed by atoms with Gasteiger partial charge in [-0.2, -0.15) is 0 Å². The Morgan fingerprint density at radius 1 is 1.22 bits per heavy atom. The van der Waals surface area contributed by atoms with Crippen LogP contribution >= 0.6 is 0 Å². The van der Waals surface area contributed by atoms with E-state index in [2.05, 4.69) is 0 Å². The number of carbonyl (C=O) groups excluding carboxylic acids is 1. The van der Waals surface area contributed by atoms with Crippen LogP contribution in [-0.2, 0) is 11.2 Å². The topological polar surface area (TPSA) is 59.0 Å². The Balaban J connectivity index is 2.10. The van der Waals surface area contributed by atoms with E-state index in [4.69, 9.17) is 9.47 Å². The molecule has 1 aromatic rings. The number of nitrogens with zero attached hydrogens (tertiary/aromatic N) is 1. The van der Waals surface area contributed by atoms with Gasteiger partial charge in [0.25, 0.3) is 0 Å². The van der Waals surface area contributed by atoms with Gasteiger partial charge in [-0.05, 0) is 57.7 Å². The summed E-state index contributed by atoms with van der Waals surface area (Å²) in [6.07, 6.45) is 2.08. The molecule has 5 heteroatoms. The number of benzene rings is 1. The number of rotatable bonds is 4. The summed E-state index contributed by atoms with van der Waals surface area (Å²) in [5, 5.41) is 9.57. The molecule has 0 aromatic heterocycles. The van der Waals surface area contributed by atoms with Crippen molar-refractivity contribution in [2.24, 2.45) is 0 Å². The Morgan fingerprint density at radius 3 is 2.35 bits per heavy atom. The monoisotopic (exact) mass is 321 g/mol. The third-order valence-corrected chi connectivity index (χ3v) is 4.07. The van der Waals surface area contributed by atoms with E-state index in [1.807, 2.05) is 45.0 Å². The lowest BCUT2D eigenvalue weighted by Gasteiger charge is -2.32. The van der Waals surface area contributed by atoms with E-state index in [1.165, 1.54) is 0 Å². The lowest BCUT2D eigenvalue weighted by atomic mass is 10.0. The van der Waals surface area contributed by atoms with Gasteiger partial charge in [-0.25, -0.2) is 4.79 Å². The summed E-state index contributed by atoms with van der Waals surface area (Å²) >= 11 is 0. The largest absolute Gasteiger partial charge is 0.497 e. The summed E-state index contributed by atoms with van der Waals surface area (Å²) in [5.74, 6) is 0.817. The van der Waals surface area contributed by atoms with Crippen LogP contribution in [0.4, 0.5) is 4.79 Å². The fourth-order valence-corrected chi connectivity index (χ4v) is 2.99. The van der Waals surface area contributed by atoms with Crippen molar-refractivity contribution in [3.63, 3.8) is 0 Å². The number of aliphatic hydroxyl groups is 1. The highest BCUT2D eigenvalue weighted by atomic mass is 16.6. The maximum absolute atomic E-state index is 12.5. The number of hydrogen-bond donors (Lipinski definition) is 1. The number of methoxy groups -OCH3 is 1.